The van der Waals surface area contributed by atoms with Crippen LogP contribution >= 0.6 is 0 Å². The van der Waals surface area contributed by atoms with Crippen LogP contribution in [0.2, 0.25) is 0 Å². The second-order valence-electron chi connectivity index (χ2n) is 7.40. The molecule has 2 heterocycles. The van der Waals surface area contributed by atoms with Gasteiger partial charge in [0.1, 0.15) is 12.1 Å². The van der Waals surface area contributed by atoms with Crippen LogP contribution in [0.15, 0.2) is 36.9 Å². The summed E-state index contributed by atoms with van der Waals surface area (Å²) in [7, 11) is 4.33. The minimum absolute atomic E-state index is 0.276. The highest BCUT2D eigenvalue weighted by atomic mass is 15.1. The highest BCUT2D eigenvalue weighted by molar-refractivity contribution is 5.92. The molecule has 1 saturated carbocycles. The summed E-state index contributed by atoms with van der Waals surface area (Å²) in [5.41, 5.74) is 8.47. The maximum Gasteiger partial charge on any atom is 0.219 e. The summed E-state index contributed by atoms with van der Waals surface area (Å²) in [6.07, 6.45) is 9.83. The largest absolute Gasteiger partial charge is 0.368 e. The van der Waals surface area contributed by atoms with Crippen molar-refractivity contribution >= 4 is 22.7 Å². The molecule has 1 aromatic carbocycles. The summed E-state index contributed by atoms with van der Waals surface area (Å²) in [5.74, 6) is 1.17. The van der Waals surface area contributed by atoms with Crippen molar-refractivity contribution in [1.82, 2.24) is 24.8 Å². The van der Waals surface area contributed by atoms with Gasteiger partial charge in [-0.25, -0.2) is 19.9 Å². The van der Waals surface area contributed by atoms with E-state index in [0.717, 1.165) is 40.7 Å². The number of hydrogen-bond acceptors (Lipinski definition) is 7. The second kappa shape index (κ2) is 7.44. The van der Waals surface area contributed by atoms with Gasteiger partial charge in [-0.1, -0.05) is 6.07 Å². The van der Waals surface area contributed by atoms with Crippen LogP contribution in [0, 0.1) is 0 Å². The number of hydrogen-bond donors (Lipinski definition) is 2. The zero-order valence-corrected chi connectivity index (χ0v) is 15.8. The zero-order valence-electron chi connectivity index (χ0n) is 15.8. The van der Waals surface area contributed by atoms with Crippen LogP contribution in [0.25, 0.3) is 22.0 Å². The number of rotatable bonds is 4. The van der Waals surface area contributed by atoms with E-state index in [1.165, 1.54) is 12.8 Å². The monoisotopic (exact) mass is 363 g/mol. The third-order valence-electron chi connectivity index (χ3n) is 5.41. The fourth-order valence-electron chi connectivity index (χ4n) is 3.77. The Morgan fingerprint density at radius 3 is 2.41 bits per heavy atom. The minimum Gasteiger partial charge on any atom is -0.368 e. The summed E-state index contributed by atoms with van der Waals surface area (Å²) in [6.45, 7) is 0. The highest BCUT2D eigenvalue weighted by Crippen LogP contribution is 2.29. The van der Waals surface area contributed by atoms with E-state index in [9.17, 15) is 0 Å². The first-order valence-corrected chi connectivity index (χ1v) is 9.36. The van der Waals surface area contributed by atoms with Crippen LogP contribution in [0.1, 0.15) is 25.7 Å². The van der Waals surface area contributed by atoms with Crippen molar-refractivity contribution in [2.45, 2.75) is 37.8 Å². The Hall–Kier alpha value is -2.80. The molecule has 3 aromatic rings. The van der Waals surface area contributed by atoms with Crippen molar-refractivity contribution in [1.29, 1.82) is 0 Å². The Labute approximate surface area is 159 Å². The molecule has 4 rings (SSSR count). The highest BCUT2D eigenvalue weighted by Gasteiger charge is 2.23. The standard InChI is InChI=1S/C20H25N7/c1-27(2)16-6-4-15(5-7-16)26-19-17-9-13(3-8-18(17)24-12-25-19)14-10-22-20(21)23-11-14/h3,8-12,15-16H,4-7H2,1-2H3,(H2,21,22,23)(H,24,25,26). The molecule has 0 atom stereocenters. The van der Waals surface area contributed by atoms with Crippen molar-refractivity contribution in [2.24, 2.45) is 0 Å². The number of benzene rings is 1. The number of anilines is 2. The van der Waals surface area contributed by atoms with Gasteiger partial charge in [0.25, 0.3) is 0 Å². The van der Waals surface area contributed by atoms with Gasteiger partial charge in [0, 0.05) is 35.4 Å². The summed E-state index contributed by atoms with van der Waals surface area (Å²) in [4.78, 5) is 19.4. The van der Waals surface area contributed by atoms with Crippen LogP contribution in [0.3, 0.4) is 0 Å². The molecule has 0 unspecified atom stereocenters. The number of aromatic nitrogens is 4. The van der Waals surface area contributed by atoms with Crippen molar-refractivity contribution < 1.29 is 0 Å². The fraction of sp³-hybridized carbons (Fsp3) is 0.400. The second-order valence-corrected chi connectivity index (χ2v) is 7.40. The first kappa shape index (κ1) is 17.6. The predicted octanol–water partition coefficient (Wildman–Crippen LogP) is 2.95. The summed E-state index contributed by atoms with van der Waals surface area (Å²) >= 11 is 0. The van der Waals surface area contributed by atoms with Crippen molar-refractivity contribution in [2.75, 3.05) is 25.1 Å². The molecule has 1 aliphatic carbocycles. The van der Waals surface area contributed by atoms with Gasteiger partial charge in [0.05, 0.1) is 5.52 Å². The average Bonchev–Trinajstić information content (AvgIpc) is 2.69. The van der Waals surface area contributed by atoms with E-state index in [1.807, 2.05) is 12.1 Å². The molecule has 2 aromatic heterocycles. The molecule has 0 radical (unpaired) electrons. The molecule has 140 valence electrons. The number of nitrogens with one attached hydrogen (secondary N) is 1. The molecular weight excluding hydrogens is 338 g/mol. The first-order valence-electron chi connectivity index (χ1n) is 9.36. The lowest BCUT2D eigenvalue weighted by Crippen LogP contribution is -2.36. The van der Waals surface area contributed by atoms with E-state index in [2.05, 4.69) is 50.3 Å². The maximum atomic E-state index is 5.60. The molecule has 27 heavy (non-hydrogen) atoms. The Bertz CT molecular complexity index is 915. The molecular formula is C20H25N7. The van der Waals surface area contributed by atoms with Crippen LogP contribution in [0.4, 0.5) is 11.8 Å². The van der Waals surface area contributed by atoms with E-state index in [4.69, 9.17) is 5.73 Å². The van der Waals surface area contributed by atoms with Gasteiger partial charge in [0.15, 0.2) is 0 Å². The lowest BCUT2D eigenvalue weighted by Gasteiger charge is -2.33. The number of nitrogens with two attached hydrogens (primary N) is 1. The Balaban J connectivity index is 1.59. The van der Waals surface area contributed by atoms with E-state index in [0.29, 0.717) is 12.1 Å². The quantitative estimate of drug-likeness (QED) is 0.736. The third-order valence-corrected chi connectivity index (χ3v) is 5.41. The summed E-state index contributed by atoms with van der Waals surface area (Å²) in [5, 5.41) is 4.67. The van der Waals surface area contributed by atoms with E-state index < -0.39 is 0 Å². The van der Waals surface area contributed by atoms with Crippen molar-refractivity contribution in [3.8, 4) is 11.1 Å². The molecule has 7 nitrogen and oxygen atoms in total. The molecule has 0 amide bonds. The van der Waals surface area contributed by atoms with Gasteiger partial charge in [-0.2, -0.15) is 0 Å². The Morgan fingerprint density at radius 2 is 1.70 bits per heavy atom. The minimum atomic E-state index is 0.276. The van der Waals surface area contributed by atoms with E-state index in [1.54, 1.807) is 18.7 Å². The van der Waals surface area contributed by atoms with Gasteiger partial charge in [-0.15, -0.1) is 0 Å². The Morgan fingerprint density at radius 1 is 0.963 bits per heavy atom. The number of fused-ring (bicyclic) bond motifs is 1. The first-order chi connectivity index (χ1) is 13.1. The molecule has 0 saturated heterocycles. The average molecular weight is 363 g/mol. The van der Waals surface area contributed by atoms with Gasteiger partial charge >= 0.3 is 0 Å². The molecule has 0 bridgehead atoms. The molecule has 1 fully saturated rings. The Kier molecular flexibility index (Phi) is 4.85. The smallest absolute Gasteiger partial charge is 0.219 e. The van der Waals surface area contributed by atoms with Crippen LogP contribution in [-0.2, 0) is 0 Å². The fourth-order valence-corrected chi connectivity index (χ4v) is 3.77. The summed E-state index contributed by atoms with van der Waals surface area (Å²) < 4.78 is 0. The third kappa shape index (κ3) is 3.83. The van der Waals surface area contributed by atoms with E-state index >= 15 is 0 Å². The number of nitrogen functional groups attached to an aromatic ring is 1. The lowest BCUT2D eigenvalue weighted by atomic mass is 9.90. The normalized spacial score (nSPS) is 20.1. The number of nitrogens with zero attached hydrogens (tertiary/aromatic N) is 5. The van der Waals surface area contributed by atoms with Crippen LogP contribution in [0.5, 0.6) is 0 Å². The summed E-state index contributed by atoms with van der Waals surface area (Å²) in [6, 6.07) is 7.26. The van der Waals surface area contributed by atoms with E-state index in [-0.39, 0.29) is 5.95 Å². The molecule has 0 spiro atoms. The van der Waals surface area contributed by atoms with Gasteiger partial charge in [0.2, 0.25) is 5.95 Å². The van der Waals surface area contributed by atoms with Crippen LogP contribution < -0.4 is 11.1 Å². The molecule has 1 aliphatic rings. The molecule has 0 aliphatic heterocycles. The van der Waals surface area contributed by atoms with Gasteiger partial charge < -0.3 is 16.0 Å². The van der Waals surface area contributed by atoms with Gasteiger partial charge in [-0.3, -0.25) is 0 Å². The van der Waals surface area contributed by atoms with Crippen molar-refractivity contribution in [3.05, 3.63) is 36.9 Å². The van der Waals surface area contributed by atoms with Crippen LogP contribution in [-0.4, -0.2) is 51.0 Å². The van der Waals surface area contributed by atoms with Gasteiger partial charge in [-0.05, 0) is 57.5 Å². The zero-order chi connectivity index (χ0) is 18.8. The maximum absolute atomic E-state index is 5.60. The molecule has 3 N–H and O–H groups in total. The van der Waals surface area contributed by atoms with Crippen molar-refractivity contribution in [3.63, 3.8) is 0 Å². The lowest BCUT2D eigenvalue weighted by molar-refractivity contribution is 0.221. The SMILES string of the molecule is CN(C)C1CCC(Nc2ncnc3ccc(-c4cnc(N)nc4)cc23)CC1. The topological polar surface area (TPSA) is 92.8 Å². The molecule has 7 heteroatoms. The predicted molar refractivity (Wildman–Crippen MR) is 108 cm³/mol.